The van der Waals surface area contributed by atoms with Crippen LogP contribution in [-0.4, -0.2) is 36.5 Å². The van der Waals surface area contributed by atoms with E-state index in [0.29, 0.717) is 23.9 Å². The molecule has 1 fully saturated rings. The summed E-state index contributed by atoms with van der Waals surface area (Å²) in [6, 6.07) is 3.18. The van der Waals surface area contributed by atoms with Gasteiger partial charge in [-0.15, -0.1) is 0 Å². The highest BCUT2D eigenvalue weighted by Crippen LogP contribution is 2.25. The Morgan fingerprint density at radius 3 is 2.58 bits per heavy atom. The van der Waals surface area contributed by atoms with E-state index in [1.54, 1.807) is 12.1 Å². The average molecular weight is 283 g/mol. The summed E-state index contributed by atoms with van der Waals surface area (Å²) in [7, 11) is 0. The quantitative estimate of drug-likeness (QED) is 0.921. The third-order valence-corrected chi connectivity index (χ3v) is 3.53. The molecule has 2 rings (SSSR count). The van der Waals surface area contributed by atoms with Gasteiger partial charge in [0, 0.05) is 18.1 Å². The van der Waals surface area contributed by atoms with Gasteiger partial charge in [0.05, 0.1) is 0 Å². The molecule has 1 aliphatic heterocycles. The lowest BCUT2D eigenvalue weighted by atomic mass is 10.1. The maximum absolute atomic E-state index is 11.8. The lowest BCUT2D eigenvalue weighted by molar-refractivity contribution is -0.129. The molecule has 0 aliphatic carbocycles. The number of rotatable bonds is 3. The maximum atomic E-state index is 11.8. The highest BCUT2D eigenvalue weighted by atomic mass is 35.5. The summed E-state index contributed by atoms with van der Waals surface area (Å²) >= 11 is 6.05. The molecule has 6 heteroatoms. The molecule has 0 spiro atoms. The number of benzene rings is 1. The molecule has 102 valence electrons. The standard InChI is InChI=1S/C13H15ClN2O3/c1-8-5-10(6-9(2)12(8)14)19-7-11(17)16-4-3-15-13(16)18/h5-6H,3-4,7H2,1-2H3,(H,15,18). The van der Waals surface area contributed by atoms with Gasteiger partial charge in [-0.25, -0.2) is 4.79 Å². The predicted octanol–water partition coefficient (Wildman–Crippen LogP) is 1.89. The Hall–Kier alpha value is -1.75. The molecule has 5 nitrogen and oxygen atoms in total. The lowest BCUT2D eigenvalue weighted by Gasteiger charge is -2.14. The van der Waals surface area contributed by atoms with E-state index in [1.165, 1.54) is 0 Å². The molecule has 1 aromatic rings. The number of imide groups is 1. The Balaban J connectivity index is 1.99. The molecule has 1 aromatic carbocycles. The number of nitrogens with one attached hydrogen (secondary N) is 1. The van der Waals surface area contributed by atoms with Gasteiger partial charge >= 0.3 is 6.03 Å². The smallest absolute Gasteiger partial charge is 0.324 e. The number of halogens is 1. The van der Waals surface area contributed by atoms with Crippen LogP contribution in [0.2, 0.25) is 5.02 Å². The second-order valence-electron chi connectivity index (χ2n) is 4.44. The first-order valence-electron chi connectivity index (χ1n) is 5.97. The molecule has 19 heavy (non-hydrogen) atoms. The van der Waals surface area contributed by atoms with Crippen molar-refractivity contribution in [3.63, 3.8) is 0 Å². The molecule has 3 amide bonds. The molecule has 0 radical (unpaired) electrons. The van der Waals surface area contributed by atoms with Crippen LogP contribution >= 0.6 is 11.6 Å². The number of carbonyl (C=O) groups is 2. The van der Waals surface area contributed by atoms with Gasteiger partial charge in [-0.1, -0.05) is 11.6 Å². The summed E-state index contributed by atoms with van der Waals surface area (Å²) < 4.78 is 5.42. The highest BCUT2D eigenvalue weighted by Gasteiger charge is 2.26. The fourth-order valence-corrected chi connectivity index (χ4v) is 2.03. The van der Waals surface area contributed by atoms with Crippen LogP contribution in [-0.2, 0) is 4.79 Å². The predicted molar refractivity (Wildman–Crippen MR) is 71.5 cm³/mol. The van der Waals surface area contributed by atoms with Gasteiger partial charge in [-0.05, 0) is 37.1 Å². The molecule has 1 N–H and O–H groups in total. The number of ether oxygens (including phenoxy) is 1. The van der Waals surface area contributed by atoms with Gasteiger partial charge in [0.2, 0.25) is 0 Å². The van der Waals surface area contributed by atoms with Crippen LogP contribution < -0.4 is 10.1 Å². The Morgan fingerprint density at radius 1 is 1.42 bits per heavy atom. The summed E-state index contributed by atoms with van der Waals surface area (Å²) in [5.74, 6) is 0.229. The number of hydrogen-bond donors (Lipinski definition) is 1. The lowest BCUT2D eigenvalue weighted by Crippen LogP contribution is -2.37. The molecule has 0 bridgehead atoms. The zero-order valence-electron chi connectivity index (χ0n) is 10.8. The number of aryl methyl sites for hydroxylation is 2. The highest BCUT2D eigenvalue weighted by molar-refractivity contribution is 6.32. The number of carbonyl (C=O) groups excluding carboxylic acids is 2. The maximum Gasteiger partial charge on any atom is 0.324 e. The van der Waals surface area contributed by atoms with E-state index in [2.05, 4.69) is 5.32 Å². The van der Waals surface area contributed by atoms with Crippen molar-refractivity contribution in [2.45, 2.75) is 13.8 Å². The molecular weight excluding hydrogens is 268 g/mol. The zero-order chi connectivity index (χ0) is 14.0. The summed E-state index contributed by atoms with van der Waals surface area (Å²) in [6.07, 6.45) is 0. The van der Waals surface area contributed by atoms with E-state index in [9.17, 15) is 9.59 Å². The zero-order valence-corrected chi connectivity index (χ0v) is 11.6. The number of urea groups is 1. The Labute approximate surface area is 116 Å². The number of nitrogens with zero attached hydrogens (tertiary/aromatic N) is 1. The van der Waals surface area contributed by atoms with Crippen LogP contribution in [0.15, 0.2) is 12.1 Å². The molecule has 0 atom stereocenters. The van der Waals surface area contributed by atoms with Crippen LogP contribution in [0.3, 0.4) is 0 Å². The van der Waals surface area contributed by atoms with Gasteiger partial charge in [0.25, 0.3) is 5.91 Å². The molecule has 0 unspecified atom stereocenters. The van der Waals surface area contributed by atoms with Gasteiger partial charge in [-0.3, -0.25) is 9.69 Å². The molecule has 1 aliphatic rings. The van der Waals surface area contributed by atoms with E-state index < -0.39 is 0 Å². The first-order chi connectivity index (χ1) is 8.99. The second kappa shape index (κ2) is 5.48. The van der Waals surface area contributed by atoms with Crippen LogP contribution in [0.1, 0.15) is 11.1 Å². The molecule has 0 aromatic heterocycles. The molecule has 1 saturated heterocycles. The summed E-state index contributed by atoms with van der Waals surface area (Å²) in [5.41, 5.74) is 1.78. The van der Waals surface area contributed by atoms with Crippen LogP contribution in [0, 0.1) is 13.8 Å². The second-order valence-corrected chi connectivity index (χ2v) is 4.81. The molecular formula is C13H15ClN2O3. The number of hydrogen-bond acceptors (Lipinski definition) is 3. The van der Waals surface area contributed by atoms with E-state index in [4.69, 9.17) is 16.3 Å². The van der Waals surface area contributed by atoms with E-state index in [-0.39, 0.29) is 18.5 Å². The topological polar surface area (TPSA) is 58.6 Å². The third-order valence-electron chi connectivity index (χ3n) is 2.93. The largest absolute Gasteiger partial charge is 0.484 e. The van der Waals surface area contributed by atoms with Gasteiger partial charge < -0.3 is 10.1 Å². The van der Waals surface area contributed by atoms with Crippen molar-refractivity contribution in [3.8, 4) is 5.75 Å². The average Bonchev–Trinajstić information content (AvgIpc) is 2.79. The monoisotopic (exact) mass is 282 g/mol. The molecule has 1 heterocycles. The fourth-order valence-electron chi connectivity index (χ4n) is 1.92. The van der Waals surface area contributed by atoms with Crippen LogP contribution in [0.5, 0.6) is 5.75 Å². The third kappa shape index (κ3) is 2.98. The van der Waals surface area contributed by atoms with Gasteiger partial charge in [0.1, 0.15) is 5.75 Å². The van der Waals surface area contributed by atoms with Gasteiger partial charge in [0.15, 0.2) is 6.61 Å². The van der Waals surface area contributed by atoms with E-state index in [1.807, 2.05) is 13.8 Å². The van der Waals surface area contributed by atoms with Crippen molar-refractivity contribution in [3.05, 3.63) is 28.3 Å². The first kappa shape index (κ1) is 13.7. The van der Waals surface area contributed by atoms with Crippen molar-refractivity contribution < 1.29 is 14.3 Å². The van der Waals surface area contributed by atoms with Crippen molar-refractivity contribution in [2.75, 3.05) is 19.7 Å². The minimum atomic E-state index is -0.364. The summed E-state index contributed by atoms with van der Waals surface area (Å²) in [4.78, 5) is 24.2. The Morgan fingerprint density at radius 2 is 2.05 bits per heavy atom. The normalized spacial score (nSPS) is 14.5. The van der Waals surface area contributed by atoms with Crippen molar-refractivity contribution in [2.24, 2.45) is 0 Å². The Bertz CT molecular complexity index is 508. The minimum Gasteiger partial charge on any atom is -0.484 e. The van der Waals surface area contributed by atoms with Crippen LogP contribution in [0.25, 0.3) is 0 Å². The van der Waals surface area contributed by atoms with Crippen molar-refractivity contribution >= 4 is 23.5 Å². The van der Waals surface area contributed by atoms with Crippen LogP contribution in [0.4, 0.5) is 4.79 Å². The summed E-state index contributed by atoms with van der Waals surface area (Å²) in [6.45, 7) is 4.47. The van der Waals surface area contributed by atoms with Crippen molar-refractivity contribution in [1.82, 2.24) is 10.2 Å². The van der Waals surface area contributed by atoms with E-state index >= 15 is 0 Å². The first-order valence-corrected chi connectivity index (χ1v) is 6.34. The molecule has 0 saturated carbocycles. The minimum absolute atomic E-state index is 0.159. The number of amides is 3. The fraction of sp³-hybridized carbons (Fsp3) is 0.385. The Kier molecular flexibility index (Phi) is 3.95. The van der Waals surface area contributed by atoms with Gasteiger partial charge in [-0.2, -0.15) is 0 Å². The van der Waals surface area contributed by atoms with E-state index in [0.717, 1.165) is 16.0 Å². The SMILES string of the molecule is Cc1cc(OCC(=O)N2CCNC2=O)cc(C)c1Cl. The van der Waals surface area contributed by atoms with Crippen molar-refractivity contribution in [1.29, 1.82) is 0 Å². The summed E-state index contributed by atoms with van der Waals surface area (Å²) in [5, 5.41) is 3.26.